The van der Waals surface area contributed by atoms with Crippen molar-refractivity contribution in [1.82, 2.24) is 4.98 Å². The number of hydrogen-bond acceptors (Lipinski definition) is 5. The minimum atomic E-state index is -0.798. The maximum absolute atomic E-state index is 13.3. The number of Topliss-reactive ketones (excluding diaryl/α,β-unsaturated/α-hetero) is 1. The van der Waals surface area contributed by atoms with E-state index in [4.69, 9.17) is 4.74 Å². The van der Waals surface area contributed by atoms with Gasteiger partial charge in [0, 0.05) is 23.6 Å². The van der Waals surface area contributed by atoms with E-state index in [1.54, 1.807) is 48.8 Å². The third kappa shape index (κ3) is 5.18. The summed E-state index contributed by atoms with van der Waals surface area (Å²) in [6, 6.07) is 17.3. The molecule has 1 aromatic heterocycles. The average molecular weight is 485 g/mol. The zero-order valence-electron chi connectivity index (χ0n) is 21.0. The third-order valence-corrected chi connectivity index (χ3v) is 6.43. The van der Waals surface area contributed by atoms with E-state index in [2.05, 4.69) is 25.8 Å². The van der Waals surface area contributed by atoms with Gasteiger partial charge in [0.1, 0.15) is 11.5 Å². The van der Waals surface area contributed by atoms with Crippen molar-refractivity contribution in [2.24, 2.45) is 0 Å². The first-order valence-electron chi connectivity index (χ1n) is 12.5. The number of benzene rings is 2. The summed E-state index contributed by atoms with van der Waals surface area (Å²) >= 11 is 0. The number of pyridine rings is 1. The third-order valence-electron chi connectivity index (χ3n) is 6.43. The van der Waals surface area contributed by atoms with Crippen molar-refractivity contribution in [3.8, 4) is 5.75 Å². The van der Waals surface area contributed by atoms with Gasteiger partial charge in [-0.15, -0.1) is 0 Å². The maximum Gasteiger partial charge on any atom is 0.300 e. The fourth-order valence-corrected chi connectivity index (χ4v) is 4.38. The summed E-state index contributed by atoms with van der Waals surface area (Å²) < 4.78 is 5.76. The molecule has 0 radical (unpaired) electrons. The van der Waals surface area contributed by atoms with E-state index < -0.39 is 17.7 Å². The number of rotatable bonds is 9. The topological polar surface area (TPSA) is 79.7 Å². The molecule has 6 nitrogen and oxygen atoms in total. The zero-order chi connectivity index (χ0) is 25.7. The van der Waals surface area contributed by atoms with E-state index in [-0.39, 0.29) is 11.3 Å². The Labute approximate surface area is 212 Å². The number of aliphatic hydroxyl groups excluding tert-OH is 1. The van der Waals surface area contributed by atoms with Crippen LogP contribution in [0, 0.1) is 0 Å². The van der Waals surface area contributed by atoms with Crippen LogP contribution in [0.25, 0.3) is 5.76 Å². The second-order valence-corrected chi connectivity index (χ2v) is 9.28. The number of carbonyl (C=O) groups is 2. The van der Waals surface area contributed by atoms with E-state index in [0.29, 0.717) is 35.1 Å². The maximum atomic E-state index is 13.3. The van der Waals surface area contributed by atoms with Crippen molar-refractivity contribution in [1.29, 1.82) is 0 Å². The van der Waals surface area contributed by atoms with Gasteiger partial charge in [0.05, 0.1) is 18.2 Å². The number of nitrogens with zero attached hydrogens (tertiary/aromatic N) is 2. The number of hydrogen-bond donors (Lipinski definition) is 1. The highest BCUT2D eigenvalue weighted by Crippen LogP contribution is 2.42. The second kappa shape index (κ2) is 11.2. The molecule has 1 aliphatic heterocycles. The molecule has 2 heterocycles. The van der Waals surface area contributed by atoms with Gasteiger partial charge >= 0.3 is 0 Å². The number of ether oxygens (including phenoxy) is 1. The lowest BCUT2D eigenvalue weighted by Gasteiger charge is -2.25. The molecule has 186 valence electrons. The lowest BCUT2D eigenvalue weighted by atomic mass is 9.96. The number of anilines is 1. The quantitative estimate of drug-likeness (QED) is 0.165. The highest BCUT2D eigenvalue weighted by atomic mass is 16.5. The van der Waals surface area contributed by atoms with E-state index in [1.165, 1.54) is 4.90 Å². The number of aromatic nitrogens is 1. The molecule has 1 amide bonds. The molecule has 1 fully saturated rings. The number of unbranched alkanes of at least 4 members (excludes halogenated alkanes) is 2. The van der Waals surface area contributed by atoms with Gasteiger partial charge in [-0.3, -0.25) is 19.5 Å². The van der Waals surface area contributed by atoms with Crippen molar-refractivity contribution < 1.29 is 19.4 Å². The molecule has 0 bridgehead atoms. The summed E-state index contributed by atoms with van der Waals surface area (Å²) in [5.41, 5.74) is 2.84. The highest BCUT2D eigenvalue weighted by Gasteiger charge is 2.47. The first-order chi connectivity index (χ1) is 17.4. The molecule has 36 heavy (non-hydrogen) atoms. The summed E-state index contributed by atoms with van der Waals surface area (Å²) in [6.45, 7) is 6.96. The van der Waals surface area contributed by atoms with Crippen LogP contribution in [0.1, 0.15) is 68.7 Å². The molecule has 0 spiro atoms. The predicted octanol–water partition coefficient (Wildman–Crippen LogP) is 6.40. The Morgan fingerprint density at radius 3 is 2.36 bits per heavy atom. The van der Waals surface area contributed by atoms with Crippen LogP contribution in [0.4, 0.5) is 5.69 Å². The average Bonchev–Trinajstić information content (AvgIpc) is 3.17. The Morgan fingerprint density at radius 1 is 1.03 bits per heavy atom. The molecular formula is C30H32N2O4. The van der Waals surface area contributed by atoms with Crippen LogP contribution < -0.4 is 9.64 Å². The molecule has 1 atom stereocenters. The van der Waals surface area contributed by atoms with Crippen molar-refractivity contribution in [3.63, 3.8) is 0 Å². The largest absolute Gasteiger partial charge is 0.507 e. The first kappa shape index (κ1) is 25.2. The van der Waals surface area contributed by atoms with E-state index in [9.17, 15) is 14.7 Å². The summed E-state index contributed by atoms with van der Waals surface area (Å²) in [4.78, 5) is 32.2. The lowest BCUT2D eigenvalue weighted by Crippen LogP contribution is -2.29. The molecule has 1 saturated heterocycles. The molecule has 4 rings (SSSR count). The predicted molar refractivity (Wildman–Crippen MR) is 141 cm³/mol. The van der Waals surface area contributed by atoms with Gasteiger partial charge in [-0.25, -0.2) is 0 Å². The molecule has 0 aliphatic carbocycles. The molecular weight excluding hydrogens is 452 g/mol. The fourth-order valence-electron chi connectivity index (χ4n) is 4.38. The zero-order valence-corrected chi connectivity index (χ0v) is 21.0. The van der Waals surface area contributed by atoms with Crippen LogP contribution in [0.15, 0.2) is 78.6 Å². The van der Waals surface area contributed by atoms with Gasteiger partial charge in [-0.1, -0.05) is 51.8 Å². The van der Waals surface area contributed by atoms with Crippen molar-refractivity contribution in [2.45, 2.75) is 52.0 Å². The standard InChI is InChI=1S/C30H32N2O4/c1-4-5-6-18-36-25-15-11-22(12-16-25)28(33)26-27(23-8-7-17-31-19-23)32(30(35)29(26)34)24-13-9-21(10-14-24)20(2)3/h7-17,19-20,27,33H,4-6,18H2,1-3H3/b28-26+. The normalized spacial score (nSPS) is 17.1. The Bertz CT molecular complexity index is 1230. The lowest BCUT2D eigenvalue weighted by molar-refractivity contribution is -0.132. The van der Waals surface area contributed by atoms with E-state index in [1.807, 2.05) is 24.3 Å². The summed E-state index contributed by atoms with van der Waals surface area (Å²) in [5, 5.41) is 11.3. The smallest absolute Gasteiger partial charge is 0.300 e. The van der Waals surface area contributed by atoms with Crippen LogP contribution >= 0.6 is 0 Å². The summed E-state index contributed by atoms with van der Waals surface area (Å²) in [5.74, 6) is -0.604. The molecule has 3 aromatic rings. The monoisotopic (exact) mass is 484 g/mol. The Morgan fingerprint density at radius 2 is 1.75 bits per heavy atom. The van der Waals surface area contributed by atoms with Crippen molar-refractivity contribution in [3.05, 3.63) is 95.3 Å². The molecule has 1 aliphatic rings. The second-order valence-electron chi connectivity index (χ2n) is 9.28. The van der Waals surface area contributed by atoms with E-state index in [0.717, 1.165) is 24.8 Å². The van der Waals surface area contributed by atoms with Gasteiger partial charge in [0.25, 0.3) is 11.7 Å². The minimum absolute atomic E-state index is 0.0394. The van der Waals surface area contributed by atoms with Crippen LogP contribution in [0.3, 0.4) is 0 Å². The SMILES string of the molecule is CCCCCOc1ccc(/C(O)=C2\C(=O)C(=O)N(c3ccc(C(C)C)cc3)C2c2cccnc2)cc1. The number of aliphatic hydroxyl groups is 1. The highest BCUT2D eigenvalue weighted by molar-refractivity contribution is 6.51. The molecule has 1 unspecified atom stereocenters. The fraction of sp³-hybridized carbons (Fsp3) is 0.300. The minimum Gasteiger partial charge on any atom is -0.507 e. The Balaban J connectivity index is 1.73. The van der Waals surface area contributed by atoms with Gasteiger partial charge < -0.3 is 9.84 Å². The summed E-state index contributed by atoms with van der Waals surface area (Å²) in [6.07, 6.45) is 6.45. The van der Waals surface area contributed by atoms with Crippen molar-refractivity contribution >= 4 is 23.1 Å². The van der Waals surface area contributed by atoms with Gasteiger partial charge in [0.2, 0.25) is 0 Å². The molecule has 2 aromatic carbocycles. The Kier molecular flexibility index (Phi) is 7.84. The molecule has 6 heteroatoms. The van der Waals surface area contributed by atoms with Gasteiger partial charge in [-0.05, 0) is 65.9 Å². The molecule has 0 saturated carbocycles. The number of carbonyl (C=O) groups excluding carboxylic acids is 2. The van der Waals surface area contributed by atoms with Crippen molar-refractivity contribution in [2.75, 3.05) is 11.5 Å². The first-order valence-corrected chi connectivity index (χ1v) is 12.5. The van der Waals surface area contributed by atoms with E-state index >= 15 is 0 Å². The van der Waals surface area contributed by atoms with Crippen LogP contribution in [-0.2, 0) is 9.59 Å². The van der Waals surface area contributed by atoms with Gasteiger partial charge in [0.15, 0.2) is 0 Å². The number of amides is 1. The molecule has 1 N–H and O–H groups in total. The van der Waals surface area contributed by atoms with Gasteiger partial charge in [-0.2, -0.15) is 0 Å². The van der Waals surface area contributed by atoms with Crippen LogP contribution in [0.2, 0.25) is 0 Å². The number of ketones is 1. The van der Waals surface area contributed by atoms with Crippen LogP contribution in [-0.4, -0.2) is 28.4 Å². The Hall–Kier alpha value is -3.93. The summed E-state index contributed by atoms with van der Waals surface area (Å²) in [7, 11) is 0. The van der Waals surface area contributed by atoms with Crippen LogP contribution in [0.5, 0.6) is 5.75 Å².